The summed E-state index contributed by atoms with van der Waals surface area (Å²) in [5.74, 6) is -0.0451. The molecule has 0 aliphatic carbocycles. The van der Waals surface area contributed by atoms with Gasteiger partial charge in [-0.2, -0.15) is 0 Å². The number of anilines is 1. The van der Waals surface area contributed by atoms with Crippen molar-refractivity contribution in [3.8, 4) is 10.6 Å². The second kappa shape index (κ2) is 10.6. The summed E-state index contributed by atoms with van der Waals surface area (Å²) in [7, 11) is 0. The van der Waals surface area contributed by atoms with Crippen LogP contribution in [0.25, 0.3) is 31.7 Å². The Morgan fingerprint density at radius 1 is 1.00 bits per heavy atom. The fourth-order valence-electron chi connectivity index (χ4n) is 4.91. The number of hydrogen-bond acceptors (Lipinski definition) is 7. The first-order valence-corrected chi connectivity index (χ1v) is 14.5. The molecule has 1 aliphatic heterocycles. The molecule has 1 aliphatic rings. The van der Waals surface area contributed by atoms with Gasteiger partial charge in [-0.3, -0.25) is 9.69 Å². The van der Waals surface area contributed by atoms with Crippen LogP contribution in [0.4, 0.5) is 5.13 Å². The van der Waals surface area contributed by atoms with Crippen molar-refractivity contribution in [1.29, 1.82) is 0 Å². The van der Waals surface area contributed by atoms with Crippen LogP contribution in [0, 0.1) is 0 Å². The summed E-state index contributed by atoms with van der Waals surface area (Å²) >= 11 is 3.42. The van der Waals surface area contributed by atoms with E-state index in [1.807, 2.05) is 47.8 Å². The summed E-state index contributed by atoms with van der Waals surface area (Å²) in [6, 6.07) is 20.3. The van der Waals surface area contributed by atoms with Gasteiger partial charge in [0.2, 0.25) is 0 Å². The summed E-state index contributed by atoms with van der Waals surface area (Å²) in [6.45, 7) is 7.47. The number of carbonyl (C=O) groups is 1. The first kappa shape index (κ1) is 24.0. The van der Waals surface area contributed by atoms with Gasteiger partial charge in [0.05, 0.1) is 31.9 Å². The summed E-state index contributed by atoms with van der Waals surface area (Å²) in [4.78, 5) is 28.9. The number of carbonyl (C=O) groups excluding carboxylic acids is 1. The maximum atomic E-state index is 13.2. The number of piperazine rings is 1. The fourth-order valence-corrected chi connectivity index (χ4v) is 6.67. The first-order chi connectivity index (χ1) is 18.2. The number of thiazole rings is 1. The number of nitrogens with zero attached hydrogens (tertiary/aromatic N) is 4. The summed E-state index contributed by atoms with van der Waals surface area (Å²) in [5.41, 5.74) is 4.84. The standard InChI is InChI=1S/C29H29N5OS2/c1-2-20-7-5-10-26-27(20)32-29(37-26)34-16-14-33(15-17-34)13-12-30-28(35)22-19-24(25-11-6-18-36-25)31-23-9-4-3-8-21(22)23/h3-11,18-19H,2,12-17H2,1H3,(H,30,35). The predicted molar refractivity (Wildman–Crippen MR) is 155 cm³/mol. The van der Waals surface area contributed by atoms with Crippen molar-refractivity contribution < 1.29 is 4.79 Å². The normalized spacial score (nSPS) is 14.5. The minimum atomic E-state index is -0.0451. The van der Waals surface area contributed by atoms with Gasteiger partial charge in [0.15, 0.2) is 5.13 Å². The average Bonchev–Trinajstić information content (AvgIpc) is 3.63. The Labute approximate surface area is 224 Å². The summed E-state index contributed by atoms with van der Waals surface area (Å²) < 4.78 is 1.27. The molecule has 1 N–H and O–H groups in total. The zero-order valence-corrected chi connectivity index (χ0v) is 22.4. The molecule has 4 heterocycles. The van der Waals surface area contributed by atoms with Crippen LogP contribution < -0.4 is 10.2 Å². The van der Waals surface area contributed by atoms with E-state index in [-0.39, 0.29) is 5.91 Å². The first-order valence-electron chi connectivity index (χ1n) is 12.8. The van der Waals surface area contributed by atoms with Gasteiger partial charge in [0, 0.05) is 44.7 Å². The Hall–Kier alpha value is -3.33. The van der Waals surface area contributed by atoms with Gasteiger partial charge in [-0.25, -0.2) is 9.97 Å². The molecule has 3 aromatic heterocycles. The number of hydrogen-bond donors (Lipinski definition) is 1. The number of aromatic nitrogens is 2. The number of nitrogens with one attached hydrogen (secondary N) is 1. The topological polar surface area (TPSA) is 61.4 Å². The Morgan fingerprint density at radius 2 is 1.86 bits per heavy atom. The van der Waals surface area contributed by atoms with E-state index in [9.17, 15) is 4.79 Å². The number of pyridine rings is 1. The monoisotopic (exact) mass is 527 g/mol. The van der Waals surface area contributed by atoms with E-state index in [0.29, 0.717) is 12.1 Å². The Morgan fingerprint density at radius 3 is 2.68 bits per heavy atom. The molecule has 8 heteroatoms. The van der Waals surface area contributed by atoms with E-state index in [1.54, 1.807) is 22.7 Å². The highest BCUT2D eigenvalue weighted by molar-refractivity contribution is 7.22. The Kier molecular flexibility index (Phi) is 6.87. The van der Waals surface area contributed by atoms with E-state index >= 15 is 0 Å². The molecule has 5 aromatic rings. The zero-order valence-electron chi connectivity index (χ0n) is 20.8. The van der Waals surface area contributed by atoms with Crippen molar-refractivity contribution in [1.82, 2.24) is 20.2 Å². The van der Waals surface area contributed by atoms with E-state index < -0.39 is 0 Å². The van der Waals surface area contributed by atoms with Gasteiger partial charge in [-0.05, 0) is 41.6 Å². The Bertz CT molecular complexity index is 1540. The molecular weight excluding hydrogens is 498 g/mol. The molecule has 0 saturated carbocycles. The number of fused-ring (bicyclic) bond motifs is 2. The molecule has 0 unspecified atom stereocenters. The van der Waals surface area contributed by atoms with Crippen LogP contribution in [0.5, 0.6) is 0 Å². The lowest BCUT2D eigenvalue weighted by Crippen LogP contribution is -2.48. The van der Waals surface area contributed by atoms with Crippen LogP contribution >= 0.6 is 22.7 Å². The lowest BCUT2D eigenvalue weighted by atomic mass is 10.1. The molecule has 37 heavy (non-hydrogen) atoms. The molecule has 0 radical (unpaired) electrons. The van der Waals surface area contributed by atoms with Gasteiger partial charge >= 0.3 is 0 Å². The van der Waals surface area contributed by atoms with Crippen molar-refractivity contribution in [3.05, 3.63) is 77.2 Å². The molecule has 0 spiro atoms. The van der Waals surface area contributed by atoms with Crippen molar-refractivity contribution in [3.63, 3.8) is 0 Å². The highest BCUT2D eigenvalue weighted by Gasteiger charge is 2.21. The zero-order chi connectivity index (χ0) is 25.2. The minimum Gasteiger partial charge on any atom is -0.351 e. The average molecular weight is 528 g/mol. The predicted octanol–water partition coefficient (Wildman–Crippen LogP) is 5.69. The SMILES string of the molecule is CCc1cccc2sc(N3CCN(CCNC(=O)c4cc(-c5cccs5)nc5ccccc45)CC3)nc12. The lowest BCUT2D eigenvalue weighted by molar-refractivity contribution is 0.0949. The molecule has 6 rings (SSSR count). The number of amides is 1. The highest BCUT2D eigenvalue weighted by atomic mass is 32.1. The van der Waals surface area contributed by atoms with E-state index in [2.05, 4.69) is 40.2 Å². The van der Waals surface area contributed by atoms with Crippen molar-refractivity contribution >= 4 is 54.8 Å². The molecule has 0 atom stereocenters. The summed E-state index contributed by atoms with van der Waals surface area (Å²) in [5, 5.41) is 7.19. The molecule has 0 bridgehead atoms. The largest absolute Gasteiger partial charge is 0.351 e. The van der Waals surface area contributed by atoms with Gasteiger partial charge < -0.3 is 10.2 Å². The van der Waals surface area contributed by atoms with Crippen molar-refractivity contribution in [2.45, 2.75) is 13.3 Å². The lowest BCUT2D eigenvalue weighted by Gasteiger charge is -2.34. The molecule has 6 nitrogen and oxygen atoms in total. The smallest absolute Gasteiger partial charge is 0.252 e. The second-order valence-electron chi connectivity index (χ2n) is 9.25. The molecular formula is C29H29N5OS2. The van der Waals surface area contributed by atoms with Crippen LogP contribution in [0.3, 0.4) is 0 Å². The quantitative estimate of drug-likeness (QED) is 0.295. The number of thiophene rings is 1. The third-order valence-corrected chi connectivity index (χ3v) is 8.94. The van der Waals surface area contributed by atoms with Gasteiger partial charge in [0.1, 0.15) is 0 Å². The number of rotatable bonds is 7. The number of para-hydroxylation sites is 2. The number of aryl methyl sites for hydroxylation is 1. The van der Waals surface area contributed by atoms with E-state index in [4.69, 9.17) is 9.97 Å². The van der Waals surface area contributed by atoms with Crippen LogP contribution in [-0.4, -0.2) is 60.0 Å². The van der Waals surface area contributed by atoms with Crippen LogP contribution in [0.2, 0.25) is 0 Å². The summed E-state index contributed by atoms with van der Waals surface area (Å²) in [6.07, 6.45) is 1.00. The van der Waals surface area contributed by atoms with E-state index in [1.165, 1.54) is 10.3 Å². The number of benzene rings is 2. The molecule has 1 saturated heterocycles. The molecule has 1 fully saturated rings. The van der Waals surface area contributed by atoms with Crippen LogP contribution in [-0.2, 0) is 6.42 Å². The molecule has 2 aromatic carbocycles. The minimum absolute atomic E-state index is 0.0451. The highest BCUT2D eigenvalue weighted by Crippen LogP contribution is 2.31. The fraction of sp³-hybridized carbons (Fsp3) is 0.276. The van der Waals surface area contributed by atoms with Crippen molar-refractivity contribution in [2.24, 2.45) is 0 Å². The van der Waals surface area contributed by atoms with E-state index in [0.717, 1.165) is 71.3 Å². The maximum Gasteiger partial charge on any atom is 0.252 e. The molecule has 188 valence electrons. The second-order valence-corrected chi connectivity index (χ2v) is 11.2. The van der Waals surface area contributed by atoms with Gasteiger partial charge in [-0.1, -0.05) is 54.7 Å². The Balaban J connectivity index is 1.07. The maximum absolute atomic E-state index is 13.2. The molecule has 1 amide bonds. The van der Waals surface area contributed by atoms with Gasteiger partial charge in [0.25, 0.3) is 5.91 Å². The van der Waals surface area contributed by atoms with Gasteiger partial charge in [-0.15, -0.1) is 11.3 Å². The third kappa shape index (κ3) is 4.97. The van der Waals surface area contributed by atoms with Crippen LogP contribution in [0.1, 0.15) is 22.8 Å². The third-order valence-electron chi connectivity index (χ3n) is 6.96. The van der Waals surface area contributed by atoms with Crippen molar-refractivity contribution in [2.75, 3.05) is 44.2 Å². The van der Waals surface area contributed by atoms with Crippen LogP contribution in [0.15, 0.2) is 66.0 Å².